The van der Waals surface area contributed by atoms with Crippen LogP contribution in [0.3, 0.4) is 0 Å². The number of aryl methyl sites for hydroxylation is 2. The van der Waals surface area contributed by atoms with E-state index < -0.39 is 0 Å². The third-order valence-corrected chi connectivity index (χ3v) is 4.06. The van der Waals surface area contributed by atoms with Crippen LogP contribution in [0, 0.1) is 14.9 Å². The Labute approximate surface area is 159 Å². The monoisotopic (exact) mass is 376 g/mol. The van der Waals surface area contributed by atoms with Crippen molar-refractivity contribution in [1.82, 2.24) is 0 Å². The Kier molecular flexibility index (Phi) is 7.16. The molecule has 0 fully saturated rings. The second kappa shape index (κ2) is 8.41. The van der Waals surface area contributed by atoms with Gasteiger partial charge < -0.3 is 14.9 Å². The third kappa shape index (κ3) is 4.09. The molecule has 0 aliphatic heterocycles. The van der Waals surface area contributed by atoms with Crippen molar-refractivity contribution in [1.29, 1.82) is 0 Å². The first-order valence-corrected chi connectivity index (χ1v) is 7.17. The molecule has 4 aromatic carbocycles. The van der Waals surface area contributed by atoms with Crippen LogP contribution in [-0.2, 0) is 39.0 Å². The molecule has 0 unspecified atom stereocenters. The molecule has 0 saturated carbocycles. The molecule has 1 heteroatoms. The predicted molar refractivity (Wildman–Crippen MR) is 99.3 cm³/mol. The zero-order valence-corrected chi connectivity index (χ0v) is 16.3. The average Bonchev–Trinajstić information content (AvgIpc) is 3.07. The van der Waals surface area contributed by atoms with Gasteiger partial charge in [-0.1, -0.05) is 12.1 Å². The summed E-state index contributed by atoms with van der Waals surface area (Å²) in [6.45, 7) is 0. The average molecular weight is 378 g/mol. The molecule has 0 atom stereocenters. The van der Waals surface area contributed by atoms with Gasteiger partial charge in [-0.2, -0.15) is 12.1 Å². The van der Waals surface area contributed by atoms with Gasteiger partial charge in [-0.05, 0) is 12.8 Å². The molecule has 0 bridgehead atoms. The van der Waals surface area contributed by atoms with E-state index in [-0.39, 0.29) is 41.1 Å². The van der Waals surface area contributed by atoms with Crippen LogP contribution in [0.25, 0.3) is 21.5 Å². The normalized spacial score (nSPS) is 9.91. The minimum Gasteiger partial charge on any atom is -0.358 e. The smallest absolute Gasteiger partial charge is 0.358 e. The Morgan fingerprint density at radius 2 is 1.00 bits per heavy atom. The van der Waals surface area contributed by atoms with Gasteiger partial charge in [0, 0.05) is 0 Å². The maximum Gasteiger partial charge on any atom is 4.00 e. The summed E-state index contributed by atoms with van der Waals surface area (Å²) in [5.74, 6) is 0. The standard InChI is InChI=1S/C20H16.2CH3.Zr/c1-2-6-18-12-15(11-17(18)5-1)9-10-16-13-19-7-3-4-8-20(19)14-16;;;/h1-8,11-14H,9-10H2;2*1H3;/q-2;2*-1;+4. The molecule has 0 radical (unpaired) electrons. The molecule has 0 nitrogen and oxygen atoms in total. The molecule has 23 heavy (non-hydrogen) atoms. The SMILES string of the molecule is [CH3-].[CH3-].[Zr+4].c1ccc2[cH-]c(CCc3cc4ccccc4[cH-]3)cc2c1. The topological polar surface area (TPSA) is 0 Å². The van der Waals surface area contributed by atoms with E-state index in [0.717, 1.165) is 12.8 Å². The van der Waals surface area contributed by atoms with Crippen LogP contribution >= 0.6 is 0 Å². The fourth-order valence-electron chi connectivity index (χ4n) is 3.01. The van der Waals surface area contributed by atoms with Crippen molar-refractivity contribution < 1.29 is 26.2 Å². The van der Waals surface area contributed by atoms with Crippen LogP contribution < -0.4 is 0 Å². The van der Waals surface area contributed by atoms with Gasteiger partial charge in [-0.3, -0.25) is 0 Å². The fourth-order valence-corrected chi connectivity index (χ4v) is 3.01. The van der Waals surface area contributed by atoms with Crippen LogP contribution in [0.15, 0.2) is 72.8 Å². The molecule has 4 aromatic rings. The van der Waals surface area contributed by atoms with Gasteiger partial charge in [0.05, 0.1) is 0 Å². The first kappa shape index (κ1) is 19.6. The molecule has 0 aliphatic rings. The molecule has 0 spiro atoms. The quantitative estimate of drug-likeness (QED) is 0.378. The van der Waals surface area contributed by atoms with Gasteiger partial charge in [0.2, 0.25) is 0 Å². The van der Waals surface area contributed by atoms with E-state index in [9.17, 15) is 0 Å². The Bertz CT molecular complexity index is 724. The van der Waals surface area contributed by atoms with Crippen LogP contribution in [0.2, 0.25) is 0 Å². The van der Waals surface area contributed by atoms with Crippen molar-refractivity contribution >= 4 is 21.5 Å². The van der Waals surface area contributed by atoms with E-state index in [2.05, 4.69) is 72.8 Å². The summed E-state index contributed by atoms with van der Waals surface area (Å²) in [6, 6.07) is 26.5. The first-order chi connectivity index (χ1) is 9.88. The van der Waals surface area contributed by atoms with Crippen molar-refractivity contribution in [3.05, 3.63) is 98.8 Å². The molecular formula is C22H22Zr. The van der Waals surface area contributed by atoms with E-state index in [4.69, 9.17) is 0 Å². The summed E-state index contributed by atoms with van der Waals surface area (Å²) in [6.07, 6.45) is 2.23. The summed E-state index contributed by atoms with van der Waals surface area (Å²) in [5.41, 5.74) is 2.88. The maximum atomic E-state index is 2.32. The van der Waals surface area contributed by atoms with E-state index in [1.54, 1.807) is 0 Å². The van der Waals surface area contributed by atoms with Gasteiger partial charge in [-0.25, -0.2) is 0 Å². The Hall–Kier alpha value is -1.46. The zero-order chi connectivity index (χ0) is 13.4. The van der Waals surface area contributed by atoms with Crippen molar-refractivity contribution in [3.63, 3.8) is 0 Å². The summed E-state index contributed by atoms with van der Waals surface area (Å²) in [4.78, 5) is 0. The minimum absolute atomic E-state index is 0. The van der Waals surface area contributed by atoms with Crippen molar-refractivity contribution in [3.8, 4) is 0 Å². The maximum absolute atomic E-state index is 2.32. The van der Waals surface area contributed by atoms with Crippen molar-refractivity contribution in [2.24, 2.45) is 0 Å². The van der Waals surface area contributed by atoms with Gasteiger partial charge in [-0.15, -0.1) is 81.2 Å². The van der Waals surface area contributed by atoms with Gasteiger partial charge in [0.1, 0.15) is 0 Å². The van der Waals surface area contributed by atoms with E-state index in [1.165, 1.54) is 32.7 Å². The van der Waals surface area contributed by atoms with E-state index >= 15 is 0 Å². The Morgan fingerprint density at radius 3 is 1.39 bits per heavy atom. The van der Waals surface area contributed by atoms with E-state index in [1.807, 2.05) is 0 Å². The number of hydrogen-bond donors (Lipinski definition) is 0. The second-order valence-corrected chi connectivity index (χ2v) is 5.49. The Morgan fingerprint density at radius 1 is 0.609 bits per heavy atom. The van der Waals surface area contributed by atoms with Crippen molar-refractivity contribution in [2.45, 2.75) is 12.8 Å². The van der Waals surface area contributed by atoms with Crippen molar-refractivity contribution in [2.75, 3.05) is 0 Å². The second-order valence-electron chi connectivity index (χ2n) is 5.49. The van der Waals surface area contributed by atoms with Crippen LogP contribution in [0.4, 0.5) is 0 Å². The summed E-state index contributed by atoms with van der Waals surface area (Å²) >= 11 is 0. The summed E-state index contributed by atoms with van der Waals surface area (Å²) < 4.78 is 0. The number of benzene rings is 2. The van der Waals surface area contributed by atoms with Gasteiger partial charge >= 0.3 is 26.2 Å². The number of rotatable bonds is 3. The van der Waals surface area contributed by atoms with Crippen LogP contribution in [0.5, 0.6) is 0 Å². The van der Waals surface area contributed by atoms with Crippen LogP contribution in [0.1, 0.15) is 11.1 Å². The molecule has 0 amide bonds. The summed E-state index contributed by atoms with van der Waals surface area (Å²) in [5, 5.41) is 5.43. The minimum atomic E-state index is 0. The molecule has 0 aromatic heterocycles. The molecule has 114 valence electrons. The molecule has 0 heterocycles. The first-order valence-electron chi connectivity index (χ1n) is 7.17. The zero-order valence-electron chi connectivity index (χ0n) is 13.8. The fraction of sp³-hybridized carbons (Fsp3) is 0.0909. The van der Waals surface area contributed by atoms with Gasteiger partial charge in [0.25, 0.3) is 0 Å². The van der Waals surface area contributed by atoms with Gasteiger partial charge in [0.15, 0.2) is 0 Å². The van der Waals surface area contributed by atoms with Crippen LogP contribution in [-0.4, -0.2) is 0 Å². The molecule has 0 N–H and O–H groups in total. The number of fused-ring (bicyclic) bond motifs is 2. The predicted octanol–water partition coefficient (Wildman–Crippen LogP) is 6.11. The number of hydrogen-bond acceptors (Lipinski definition) is 0. The molecular weight excluding hydrogens is 355 g/mol. The molecule has 0 saturated heterocycles. The largest absolute Gasteiger partial charge is 4.00 e. The summed E-state index contributed by atoms with van der Waals surface area (Å²) in [7, 11) is 0. The third-order valence-electron chi connectivity index (χ3n) is 4.06. The molecule has 4 rings (SSSR count). The van der Waals surface area contributed by atoms with E-state index in [0.29, 0.717) is 0 Å². The molecule has 0 aliphatic carbocycles. The Balaban J connectivity index is 0.000000882.